The zero-order chi connectivity index (χ0) is 19.6. The lowest BCUT2D eigenvalue weighted by Gasteiger charge is -2.30. The van der Waals surface area contributed by atoms with E-state index in [9.17, 15) is 14.4 Å². The Kier molecular flexibility index (Phi) is 6.80. The van der Waals surface area contributed by atoms with Gasteiger partial charge in [-0.2, -0.15) is 0 Å². The highest BCUT2D eigenvalue weighted by atomic mass is 35.5. The maximum absolute atomic E-state index is 13.0. The summed E-state index contributed by atoms with van der Waals surface area (Å²) in [5.41, 5.74) is 1.12. The number of hydrogen-bond donors (Lipinski definition) is 3. The molecule has 4 rings (SSSR count). The molecule has 1 aliphatic carbocycles. The van der Waals surface area contributed by atoms with Gasteiger partial charge >= 0.3 is 6.03 Å². The van der Waals surface area contributed by atoms with Gasteiger partial charge in [0.05, 0.1) is 12.6 Å². The molecule has 1 spiro atoms. The number of carbonyl (C=O) groups is 3. The number of rotatable bonds is 5. The molecular formula is C21H29ClN4O3. The van der Waals surface area contributed by atoms with E-state index in [-0.39, 0.29) is 42.8 Å². The molecular weight excluding hydrogens is 392 g/mol. The molecule has 0 bridgehead atoms. The Morgan fingerprint density at radius 3 is 2.52 bits per heavy atom. The Hall–Kier alpha value is -2.12. The van der Waals surface area contributed by atoms with Crippen LogP contribution in [0.4, 0.5) is 4.79 Å². The molecule has 7 nitrogen and oxygen atoms in total. The highest BCUT2D eigenvalue weighted by Crippen LogP contribution is 2.34. The highest BCUT2D eigenvalue weighted by Gasteiger charge is 2.51. The molecule has 8 heteroatoms. The molecule has 3 N–H and O–H groups in total. The summed E-state index contributed by atoms with van der Waals surface area (Å²) in [6, 6.07) is 7.24. The van der Waals surface area contributed by atoms with Crippen molar-refractivity contribution in [1.29, 1.82) is 0 Å². The van der Waals surface area contributed by atoms with Crippen molar-refractivity contribution >= 4 is 30.3 Å². The standard InChI is InChI=1S/C21H28N4O3.ClH/c26-18(17-9-6-12-22-17)23-13-15-7-2-3-8-16(15)14-25-19(27)21(24-20(25)28)10-4-1-5-11-21;/h2-3,7-8,17,22H,1,4-6,9-14H2,(H,23,26)(H,24,28);1H. The fourth-order valence-electron chi connectivity index (χ4n) is 4.58. The Balaban J connectivity index is 0.00000240. The molecule has 0 aromatic heterocycles. The number of imide groups is 1. The van der Waals surface area contributed by atoms with Gasteiger partial charge < -0.3 is 16.0 Å². The Morgan fingerprint density at radius 1 is 1.10 bits per heavy atom. The minimum atomic E-state index is -0.702. The van der Waals surface area contributed by atoms with Gasteiger partial charge in [0, 0.05) is 6.54 Å². The lowest BCUT2D eigenvalue weighted by atomic mass is 9.81. The molecule has 2 heterocycles. The van der Waals surface area contributed by atoms with Gasteiger partial charge in [0.25, 0.3) is 5.91 Å². The summed E-state index contributed by atoms with van der Waals surface area (Å²) >= 11 is 0. The van der Waals surface area contributed by atoms with Gasteiger partial charge in [-0.15, -0.1) is 12.4 Å². The first-order valence-electron chi connectivity index (χ1n) is 10.3. The van der Waals surface area contributed by atoms with Crippen LogP contribution in [0.25, 0.3) is 0 Å². The monoisotopic (exact) mass is 420 g/mol. The maximum atomic E-state index is 13.0. The van der Waals surface area contributed by atoms with Crippen LogP contribution in [0, 0.1) is 0 Å². The van der Waals surface area contributed by atoms with E-state index >= 15 is 0 Å². The van der Waals surface area contributed by atoms with E-state index in [4.69, 9.17) is 0 Å². The quantitative estimate of drug-likeness (QED) is 0.637. The van der Waals surface area contributed by atoms with Crippen molar-refractivity contribution in [3.63, 3.8) is 0 Å². The lowest BCUT2D eigenvalue weighted by molar-refractivity contribution is -0.132. The van der Waals surface area contributed by atoms with Gasteiger partial charge in [-0.3, -0.25) is 14.5 Å². The van der Waals surface area contributed by atoms with E-state index in [1.807, 2.05) is 24.3 Å². The lowest BCUT2D eigenvalue weighted by Crippen LogP contribution is -2.48. The summed E-state index contributed by atoms with van der Waals surface area (Å²) in [5.74, 6) is -0.102. The van der Waals surface area contributed by atoms with Crippen LogP contribution in [0.15, 0.2) is 24.3 Å². The maximum Gasteiger partial charge on any atom is 0.325 e. The molecule has 29 heavy (non-hydrogen) atoms. The molecule has 3 fully saturated rings. The summed E-state index contributed by atoms with van der Waals surface area (Å²) in [6.45, 7) is 1.50. The van der Waals surface area contributed by atoms with E-state index in [0.29, 0.717) is 6.54 Å². The summed E-state index contributed by atoms with van der Waals surface area (Å²) in [7, 11) is 0. The molecule has 0 radical (unpaired) electrons. The van der Waals surface area contributed by atoms with Crippen LogP contribution >= 0.6 is 12.4 Å². The summed E-state index contributed by atoms with van der Waals surface area (Å²) in [5, 5.41) is 9.13. The fourth-order valence-corrected chi connectivity index (χ4v) is 4.58. The van der Waals surface area contributed by atoms with Crippen LogP contribution < -0.4 is 16.0 Å². The topological polar surface area (TPSA) is 90.5 Å². The van der Waals surface area contributed by atoms with Crippen molar-refractivity contribution in [3.05, 3.63) is 35.4 Å². The third-order valence-electron chi connectivity index (χ3n) is 6.23. The summed E-state index contributed by atoms with van der Waals surface area (Å²) in [6.07, 6.45) is 6.37. The molecule has 1 unspecified atom stereocenters. The SMILES string of the molecule is Cl.O=C(NCc1ccccc1CN1C(=O)NC2(CCCCC2)C1=O)C1CCCN1. The van der Waals surface area contributed by atoms with Gasteiger partial charge in [0.1, 0.15) is 5.54 Å². The van der Waals surface area contributed by atoms with Crippen molar-refractivity contribution in [2.24, 2.45) is 0 Å². The molecule has 3 aliphatic rings. The normalized spacial score (nSPS) is 23.0. The van der Waals surface area contributed by atoms with Gasteiger partial charge in [-0.1, -0.05) is 43.5 Å². The van der Waals surface area contributed by atoms with Gasteiger partial charge in [0.2, 0.25) is 5.91 Å². The third-order valence-corrected chi connectivity index (χ3v) is 6.23. The third kappa shape index (κ3) is 4.41. The molecule has 1 saturated carbocycles. The van der Waals surface area contributed by atoms with Crippen molar-refractivity contribution in [2.45, 2.75) is 69.6 Å². The number of hydrogen-bond acceptors (Lipinski definition) is 4. The first kappa shape index (κ1) is 21.6. The molecule has 1 aromatic carbocycles. The van der Waals surface area contributed by atoms with E-state index in [1.54, 1.807) is 0 Å². The van der Waals surface area contributed by atoms with Gasteiger partial charge in [-0.05, 0) is 43.4 Å². The second-order valence-electron chi connectivity index (χ2n) is 8.10. The first-order chi connectivity index (χ1) is 13.6. The minimum Gasteiger partial charge on any atom is -0.351 e. The fraction of sp³-hybridized carbons (Fsp3) is 0.571. The van der Waals surface area contributed by atoms with Crippen LogP contribution in [-0.4, -0.2) is 40.9 Å². The largest absolute Gasteiger partial charge is 0.351 e. The predicted octanol–water partition coefficient (Wildman–Crippen LogP) is 2.23. The number of carbonyl (C=O) groups excluding carboxylic acids is 3. The number of benzene rings is 1. The number of nitrogens with zero attached hydrogens (tertiary/aromatic N) is 1. The predicted molar refractivity (Wildman–Crippen MR) is 111 cm³/mol. The second-order valence-corrected chi connectivity index (χ2v) is 8.10. The van der Waals surface area contributed by atoms with E-state index in [1.165, 1.54) is 4.90 Å². The smallest absolute Gasteiger partial charge is 0.325 e. The number of amides is 4. The molecule has 2 saturated heterocycles. The number of urea groups is 1. The summed E-state index contributed by atoms with van der Waals surface area (Å²) < 4.78 is 0. The van der Waals surface area contributed by atoms with Crippen LogP contribution in [0.3, 0.4) is 0 Å². The average molecular weight is 421 g/mol. The molecule has 1 atom stereocenters. The Labute approximate surface area is 177 Å². The van der Waals surface area contributed by atoms with Crippen LogP contribution in [-0.2, 0) is 22.7 Å². The zero-order valence-corrected chi connectivity index (χ0v) is 17.4. The van der Waals surface area contributed by atoms with Crippen LogP contribution in [0.1, 0.15) is 56.1 Å². The Bertz CT molecular complexity index is 773. The second kappa shape index (κ2) is 9.13. The van der Waals surface area contributed by atoms with Crippen molar-refractivity contribution in [1.82, 2.24) is 20.9 Å². The number of nitrogens with one attached hydrogen (secondary N) is 3. The average Bonchev–Trinajstić information content (AvgIpc) is 3.32. The number of halogens is 1. The first-order valence-corrected chi connectivity index (χ1v) is 10.3. The Morgan fingerprint density at radius 2 is 1.83 bits per heavy atom. The van der Waals surface area contributed by atoms with E-state index < -0.39 is 5.54 Å². The molecule has 4 amide bonds. The zero-order valence-electron chi connectivity index (χ0n) is 16.5. The molecule has 2 aliphatic heterocycles. The highest BCUT2D eigenvalue weighted by molar-refractivity contribution is 6.07. The van der Waals surface area contributed by atoms with E-state index in [2.05, 4.69) is 16.0 Å². The van der Waals surface area contributed by atoms with Crippen molar-refractivity contribution in [2.75, 3.05) is 6.54 Å². The van der Waals surface area contributed by atoms with Crippen LogP contribution in [0.5, 0.6) is 0 Å². The summed E-state index contributed by atoms with van der Waals surface area (Å²) in [4.78, 5) is 39.2. The molecule has 158 valence electrons. The van der Waals surface area contributed by atoms with Crippen LogP contribution in [0.2, 0.25) is 0 Å². The van der Waals surface area contributed by atoms with Crippen molar-refractivity contribution < 1.29 is 14.4 Å². The van der Waals surface area contributed by atoms with Gasteiger partial charge in [0.15, 0.2) is 0 Å². The van der Waals surface area contributed by atoms with E-state index in [0.717, 1.165) is 62.6 Å². The minimum absolute atomic E-state index is 0. The van der Waals surface area contributed by atoms with Gasteiger partial charge in [-0.25, -0.2) is 4.79 Å². The molecule has 1 aromatic rings. The van der Waals surface area contributed by atoms with Crippen molar-refractivity contribution in [3.8, 4) is 0 Å².